The Hall–Kier alpha value is -1.29. The van der Waals surface area contributed by atoms with Gasteiger partial charge in [0.1, 0.15) is 6.04 Å². The van der Waals surface area contributed by atoms with Crippen LogP contribution >= 0.6 is 0 Å². The minimum Gasteiger partial charge on any atom is -0.368 e. The van der Waals surface area contributed by atoms with Gasteiger partial charge in [0.05, 0.1) is 0 Å². The average molecular weight is 193 g/mol. The Morgan fingerprint density at radius 3 is 3.21 bits per heavy atom. The lowest BCUT2D eigenvalue weighted by Crippen LogP contribution is -2.42. The molecule has 14 heavy (non-hydrogen) atoms. The molecule has 4 heteroatoms. The van der Waals surface area contributed by atoms with Crippen molar-refractivity contribution in [1.82, 2.24) is 10.9 Å². The number of carbonyl (C=O) groups excluding carboxylic acids is 1. The van der Waals surface area contributed by atoms with Gasteiger partial charge in [0.2, 0.25) is 5.91 Å². The number of primary amides is 1. The first-order chi connectivity index (χ1) is 6.79. The van der Waals surface area contributed by atoms with Crippen LogP contribution in [0.3, 0.4) is 0 Å². The minimum atomic E-state index is -0.282. The van der Waals surface area contributed by atoms with Crippen molar-refractivity contribution >= 4 is 5.91 Å². The van der Waals surface area contributed by atoms with Crippen LogP contribution in [0.1, 0.15) is 19.3 Å². The van der Waals surface area contributed by atoms with Crippen molar-refractivity contribution < 1.29 is 4.79 Å². The highest BCUT2D eigenvalue weighted by Gasteiger charge is 2.34. The molecule has 1 saturated heterocycles. The number of rotatable bonds is 1. The summed E-state index contributed by atoms with van der Waals surface area (Å²) in [5.41, 5.74) is 12.3. The Morgan fingerprint density at radius 2 is 2.43 bits per heavy atom. The van der Waals surface area contributed by atoms with Crippen molar-refractivity contribution in [2.75, 3.05) is 0 Å². The summed E-state index contributed by atoms with van der Waals surface area (Å²) in [6.07, 6.45) is 9.36. The molecule has 0 aromatic carbocycles. The summed E-state index contributed by atoms with van der Waals surface area (Å²) < 4.78 is 0. The fourth-order valence-corrected chi connectivity index (χ4v) is 2.01. The zero-order valence-electron chi connectivity index (χ0n) is 7.99. The summed E-state index contributed by atoms with van der Waals surface area (Å²) in [7, 11) is 0. The maximum atomic E-state index is 11.1. The number of nitrogens with two attached hydrogens (primary N) is 1. The third-order valence-corrected chi connectivity index (χ3v) is 2.78. The molecule has 2 aliphatic rings. The van der Waals surface area contributed by atoms with E-state index < -0.39 is 0 Å². The summed E-state index contributed by atoms with van der Waals surface area (Å²) >= 11 is 0. The maximum absolute atomic E-state index is 11.1. The minimum absolute atomic E-state index is 0.220. The molecule has 2 rings (SSSR count). The highest BCUT2D eigenvalue weighted by molar-refractivity contribution is 5.81. The quantitative estimate of drug-likeness (QED) is 0.557. The van der Waals surface area contributed by atoms with Gasteiger partial charge in [-0.1, -0.05) is 12.2 Å². The zero-order valence-corrected chi connectivity index (χ0v) is 7.99. The lowest BCUT2D eigenvalue weighted by molar-refractivity contribution is -0.120. The Bertz CT molecular complexity index is 296. The number of amides is 1. The lowest BCUT2D eigenvalue weighted by atomic mass is 9.91. The summed E-state index contributed by atoms with van der Waals surface area (Å²) in [5, 5.41) is 0. The molecule has 1 amide bonds. The van der Waals surface area contributed by atoms with Crippen LogP contribution in [0.5, 0.6) is 0 Å². The zero-order chi connectivity index (χ0) is 9.97. The number of allylic oxidation sites excluding steroid dienone is 3. The van der Waals surface area contributed by atoms with E-state index in [-0.39, 0.29) is 17.9 Å². The Labute approximate surface area is 83.2 Å². The molecule has 0 aromatic heterocycles. The molecule has 4 nitrogen and oxygen atoms in total. The van der Waals surface area contributed by atoms with Crippen LogP contribution in [0.25, 0.3) is 0 Å². The Morgan fingerprint density at radius 1 is 1.57 bits per heavy atom. The summed E-state index contributed by atoms with van der Waals surface area (Å²) in [6, 6.07) is -0.257. The van der Waals surface area contributed by atoms with Gasteiger partial charge in [0.25, 0.3) is 0 Å². The van der Waals surface area contributed by atoms with Crippen molar-refractivity contribution in [2.45, 2.75) is 25.3 Å². The summed E-state index contributed by atoms with van der Waals surface area (Å²) in [5.74, 6) is -0.0621. The molecule has 2 unspecified atom stereocenters. The monoisotopic (exact) mass is 193 g/mol. The van der Waals surface area contributed by atoms with Crippen LogP contribution in [0.4, 0.5) is 0 Å². The van der Waals surface area contributed by atoms with Gasteiger partial charge in [0.15, 0.2) is 0 Å². The predicted molar refractivity (Wildman–Crippen MR) is 53.8 cm³/mol. The van der Waals surface area contributed by atoms with E-state index in [0.29, 0.717) is 0 Å². The van der Waals surface area contributed by atoms with Gasteiger partial charge in [-0.15, -0.1) is 0 Å². The molecule has 0 spiro atoms. The lowest BCUT2D eigenvalue weighted by Gasteiger charge is -2.15. The van der Waals surface area contributed by atoms with E-state index in [1.807, 2.05) is 12.2 Å². The van der Waals surface area contributed by atoms with Gasteiger partial charge in [-0.3, -0.25) is 4.79 Å². The Kier molecular flexibility index (Phi) is 2.54. The molecule has 0 radical (unpaired) electrons. The number of nitrogens with one attached hydrogen (secondary N) is 2. The first kappa shape index (κ1) is 9.27. The molecule has 0 aromatic rings. The molecular weight excluding hydrogens is 178 g/mol. The van der Waals surface area contributed by atoms with E-state index in [2.05, 4.69) is 16.9 Å². The van der Waals surface area contributed by atoms with Crippen LogP contribution in [0, 0.1) is 5.92 Å². The second kappa shape index (κ2) is 3.84. The smallest absolute Gasteiger partial charge is 0.237 e. The van der Waals surface area contributed by atoms with Gasteiger partial charge in [0, 0.05) is 11.6 Å². The first-order valence-electron chi connectivity index (χ1n) is 4.96. The summed E-state index contributed by atoms with van der Waals surface area (Å²) in [4.78, 5) is 11.1. The van der Waals surface area contributed by atoms with Gasteiger partial charge in [-0.2, -0.15) is 0 Å². The van der Waals surface area contributed by atoms with Crippen LogP contribution in [-0.4, -0.2) is 11.9 Å². The third kappa shape index (κ3) is 1.65. The molecule has 1 aliphatic heterocycles. The third-order valence-electron chi connectivity index (χ3n) is 2.78. The molecule has 4 N–H and O–H groups in total. The van der Waals surface area contributed by atoms with Crippen molar-refractivity contribution in [1.29, 1.82) is 0 Å². The summed E-state index contributed by atoms with van der Waals surface area (Å²) in [6.45, 7) is 0. The van der Waals surface area contributed by atoms with E-state index in [0.717, 1.165) is 25.0 Å². The van der Waals surface area contributed by atoms with Gasteiger partial charge < -0.3 is 11.2 Å². The second-order valence-electron chi connectivity index (χ2n) is 3.74. The van der Waals surface area contributed by atoms with Crippen LogP contribution in [0.15, 0.2) is 23.9 Å². The van der Waals surface area contributed by atoms with Gasteiger partial charge in [-0.25, -0.2) is 5.43 Å². The second-order valence-corrected chi connectivity index (χ2v) is 3.74. The number of carbonyl (C=O) groups is 1. The number of fused-ring (bicyclic) bond motifs is 1. The topological polar surface area (TPSA) is 67.2 Å². The van der Waals surface area contributed by atoms with Crippen molar-refractivity contribution in [2.24, 2.45) is 11.7 Å². The van der Waals surface area contributed by atoms with Crippen molar-refractivity contribution in [3.05, 3.63) is 23.9 Å². The number of hydrazine groups is 1. The largest absolute Gasteiger partial charge is 0.368 e. The first-order valence-corrected chi connectivity index (χ1v) is 4.96. The van der Waals surface area contributed by atoms with E-state index in [9.17, 15) is 4.79 Å². The number of hydrogen-bond donors (Lipinski definition) is 3. The normalized spacial score (nSPS) is 37.0. The highest BCUT2D eigenvalue weighted by Crippen LogP contribution is 2.25. The van der Waals surface area contributed by atoms with Gasteiger partial charge in [-0.05, 0) is 25.3 Å². The average Bonchev–Trinajstić information content (AvgIpc) is 2.47. The Balaban J connectivity index is 2.19. The fraction of sp³-hybridized carbons (Fsp3) is 0.500. The van der Waals surface area contributed by atoms with E-state index in [4.69, 9.17) is 5.73 Å². The molecule has 76 valence electrons. The SMILES string of the molecule is NC(=O)C1NN/C2=C/C=C\CCCC21. The molecule has 0 bridgehead atoms. The fourth-order valence-electron chi connectivity index (χ4n) is 2.01. The standard InChI is InChI=1S/C10H15N3O/c11-10(14)9-7-5-3-1-2-4-6-8(7)12-13-9/h2,4,6-7,9,12-13H,1,3,5H2,(H2,11,14)/b4-2-,8-6+. The van der Waals surface area contributed by atoms with E-state index in [1.165, 1.54) is 0 Å². The van der Waals surface area contributed by atoms with Crippen molar-refractivity contribution in [3.63, 3.8) is 0 Å². The van der Waals surface area contributed by atoms with Crippen molar-refractivity contribution in [3.8, 4) is 0 Å². The molecule has 1 heterocycles. The van der Waals surface area contributed by atoms with E-state index in [1.54, 1.807) is 0 Å². The van der Waals surface area contributed by atoms with Crippen LogP contribution in [-0.2, 0) is 4.79 Å². The highest BCUT2D eigenvalue weighted by atomic mass is 16.1. The number of hydrogen-bond acceptors (Lipinski definition) is 3. The van der Waals surface area contributed by atoms with Gasteiger partial charge >= 0.3 is 0 Å². The van der Waals surface area contributed by atoms with Crippen LogP contribution < -0.4 is 16.6 Å². The molecule has 2 atom stereocenters. The van der Waals surface area contributed by atoms with E-state index >= 15 is 0 Å². The maximum Gasteiger partial charge on any atom is 0.237 e. The molecule has 1 fully saturated rings. The predicted octanol–water partition coefficient (Wildman–Crippen LogP) is 0.188. The van der Waals surface area contributed by atoms with Crippen LogP contribution in [0.2, 0.25) is 0 Å². The molecule has 0 saturated carbocycles. The molecule has 1 aliphatic carbocycles. The molecular formula is C10H15N3O.